The molecule has 0 spiro atoms. The highest BCUT2D eigenvalue weighted by Crippen LogP contribution is 2.27. The fraction of sp³-hybridized carbons (Fsp3) is 0.258. The smallest absolute Gasteiger partial charge is 0.255 e. The minimum absolute atomic E-state index is 0.161. The Morgan fingerprint density at radius 1 is 1.10 bits per heavy atom. The van der Waals surface area contributed by atoms with E-state index < -0.39 is 5.91 Å². The van der Waals surface area contributed by atoms with Gasteiger partial charge in [0.05, 0.1) is 34.7 Å². The number of ether oxygens (including phenoxy) is 2. The molecular formula is C31H30Cl2N4O4. The van der Waals surface area contributed by atoms with Gasteiger partial charge < -0.3 is 14.4 Å². The van der Waals surface area contributed by atoms with Crippen molar-refractivity contribution in [3.05, 3.63) is 94.6 Å². The van der Waals surface area contributed by atoms with Crippen molar-refractivity contribution in [2.45, 2.75) is 25.9 Å². The molecule has 1 aromatic heterocycles. The Labute approximate surface area is 248 Å². The summed E-state index contributed by atoms with van der Waals surface area (Å²) in [4.78, 5) is 33.2. The zero-order chi connectivity index (χ0) is 28.8. The molecule has 212 valence electrons. The average molecular weight is 594 g/mol. The summed E-state index contributed by atoms with van der Waals surface area (Å²) >= 11 is 12.4. The molecule has 41 heavy (non-hydrogen) atoms. The van der Waals surface area contributed by atoms with Gasteiger partial charge in [0.2, 0.25) is 11.9 Å². The van der Waals surface area contributed by atoms with Crippen molar-refractivity contribution in [3.63, 3.8) is 0 Å². The molecule has 2 amide bonds. The van der Waals surface area contributed by atoms with Gasteiger partial charge in [-0.25, -0.2) is 4.98 Å². The van der Waals surface area contributed by atoms with Crippen molar-refractivity contribution in [2.75, 3.05) is 31.6 Å². The van der Waals surface area contributed by atoms with Gasteiger partial charge in [0.1, 0.15) is 12.3 Å². The molecular weight excluding hydrogens is 563 g/mol. The molecule has 0 bridgehead atoms. The van der Waals surface area contributed by atoms with E-state index in [1.807, 2.05) is 67.7 Å². The summed E-state index contributed by atoms with van der Waals surface area (Å²) in [5.74, 6) is 0.228. The Morgan fingerprint density at radius 2 is 1.93 bits per heavy atom. The maximum atomic E-state index is 13.6. The summed E-state index contributed by atoms with van der Waals surface area (Å²) < 4.78 is 13.3. The second kappa shape index (κ2) is 13.2. The van der Waals surface area contributed by atoms with Gasteiger partial charge in [0.25, 0.3) is 5.91 Å². The number of nitrogens with one attached hydrogen (secondary N) is 1. The summed E-state index contributed by atoms with van der Waals surface area (Å²) in [6.07, 6.45) is 3.41. The highest BCUT2D eigenvalue weighted by molar-refractivity contribution is 6.36. The van der Waals surface area contributed by atoms with E-state index in [-0.39, 0.29) is 35.7 Å². The number of hydrogen-bond donors (Lipinski definition) is 1. The van der Waals surface area contributed by atoms with Crippen LogP contribution in [-0.2, 0) is 9.53 Å². The van der Waals surface area contributed by atoms with E-state index in [1.165, 1.54) is 11.0 Å². The Morgan fingerprint density at radius 3 is 2.66 bits per heavy atom. The molecule has 0 radical (unpaired) electrons. The van der Waals surface area contributed by atoms with E-state index in [0.29, 0.717) is 35.6 Å². The van der Waals surface area contributed by atoms with Crippen molar-refractivity contribution in [1.82, 2.24) is 14.5 Å². The SMILES string of the molecule is CCOc1cccc(-n2cc(-c3ccccc3)nc2NC(=O)CN(C[C@H]2CCCO2)C(=O)c2ccc(Cl)cc2Cl)c1. The zero-order valence-electron chi connectivity index (χ0n) is 22.6. The van der Waals surface area contributed by atoms with Gasteiger partial charge in [0, 0.05) is 36.0 Å². The van der Waals surface area contributed by atoms with E-state index in [9.17, 15) is 9.59 Å². The molecule has 5 rings (SSSR count). The first-order valence-electron chi connectivity index (χ1n) is 13.4. The molecule has 0 saturated carbocycles. The number of carbonyl (C=O) groups is 2. The Balaban J connectivity index is 1.43. The summed E-state index contributed by atoms with van der Waals surface area (Å²) in [7, 11) is 0. The standard InChI is InChI=1S/C31H30Cl2N4O4/c1-2-40-24-11-6-10-23(17-24)37-19-28(21-8-4-3-5-9-21)34-31(37)35-29(38)20-36(18-25-12-7-15-41-25)30(39)26-14-13-22(32)16-27(26)33/h3-6,8-11,13-14,16-17,19,25H,2,7,12,15,18,20H2,1H3,(H,34,35,38)/t25-/m1/s1. The topological polar surface area (TPSA) is 85.7 Å². The van der Waals surface area contributed by atoms with Crippen LogP contribution in [0.1, 0.15) is 30.1 Å². The third-order valence-corrected chi connectivity index (χ3v) is 7.21. The number of amides is 2. The van der Waals surface area contributed by atoms with Crippen LogP contribution in [0.2, 0.25) is 10.0 Å². The van der Waals surface area contributed by atoms with Crippen molar-refractivity contribution < 1.29 is 19.1 Å². The van der Waals surface area contributed by atoms with Gasteiger partial charge in [-0.1, -0.05) is 59.6 Å². The predicted molar refractivity (Wildman–Crippen MR) is 160 cm³/mol. The van der Waals surface area contributed by atoms with Crippen LogP contribution < -0.4 is 10.1 Å². The van der Waals surface area contributed by atoms with Crippen LogP contribution in [0.4, 0.5) is 5.95 Å². The van der Waals surface area contributed by atoms with Crippen LogP contribution in [0.15, 0.2) is 79.0 Å². The summed E-state index contributed by atoms with van der Waals surface area (Å²) in [6.45, 7) is 3.11. The van der Waals surface area contributed by atoms with Gasteiger partial charge in [0.15, 0.2) is 0 Å². The summed E-state index contributed by atoms with van der Waals surface area (Å²) in [5, 5.41) is 3.56. The molecule has 1 fully saturated rings. The predicted octanol–water partition coefficient (Wildman–Crippen LogP) is 6.50. The van der Waals surface area contributed by atoms with Crippen molar-refractivity contribution in [2.24, 2.45) is 0 Å². The third-order valence-electron chi connectivity index (χ3n) is 6.66. The maximum Gasteiger partial charge on any atom is 0.255 e. The van der Waals surface area contributed by atoms with Crippen molar-refractivity contribution >= 4 is 41.0 Å². The molecule has 8 nitrogen and oxygen atoms in total. The number of imidazole rings is 1. The fourth-order valence-corrected chi connectivity index (χ4v) is 5.22. The number of aromatic nitrogens is 2. The van der Waals surface area contributed by atoms with Gasteiger partial charge in [-0.05, 0) is 50.1 Å². The molecule has 4 aromatic rings. The average Bonchev–Trinajstić information content (AvgIpc) is 3.63. The lowest BCUT2D eigenvalue weighted by atomic mass is 10.1. The van der Waals surface area contributed by atoms with Crippen molar-refractivity contribution in [3.8, 4) is 22.7 Å². The van der Waals surface area contributed by atoms with E-state index in [2.05, 4.69) is 5.32 Å². The number of carbonyl (C=O) groups excluding carboxylic acids is 2. The van der Waals surface area contributed by atoms with Crippen LogP contribution in [-0.4, -0.2) is 58.7 Å². The van der Waals surface area contributed by atoms with Gasteiger partial charge >= 0.3 is 0 Å². The highest BCUT2D eigenvalue weighted by atomic mass is 35.5. The minimum atomic E-state index is -0.408. The Hall–Kier alpha value is -3.85. The number of halogens is 2. The second-order valence-corrected chi connectivity index (χ2v) is 10.5. The van der Waals surface area contributed by atoms with Gasteiger partial charge in [-0.15, -0.1) is 0 Å². The summed E-state index contributed by atoms with van der Waals surface area (Å²) in [5.41, 5.74) is 2.61. The molecule has 0 aliphatic carbocycles. The van der Waals surface area contributed by atoms with Crippen LogP contribution in [0.5, 0.6) is 5.75 Å². The highest BCUT2D eigenvalue weighted by Gasteiger charge is 2.27. The lowest BCUT2D eigenvalue weighted by Gasteiger charge is -2.25. The van der Waals surface area contributed by atoms with Gasteiger partial charge in [-0.3, -0.25) is 19.5 Å². The molecule has 1 N–H and O–H groups in total. The molecule has 0 unspecified atom stereocenters. The number of nitrogens with zero attached hydrogens (tertiary/aromatic N) is 3. The molecule has 1 saturated heterocycles. The molecule has 1 aliphatic rings. The molecule has 3 aromatic carbocycles. The first-order chi connectivity index (χ1) is 19.9. The minimum Gasteiger partial charge on any atom is -0.494 e. The Kier molecular flexibility index (Phi) is 9.24. The first-order valence-corrected chi connectivity index (χ1v) is 14.2. The monoisotopic (exact) mass is 592 g/mol. The Bertz CT molecular complexity index is 1520. The van der Waals surface area contributed by atoms with E-state index >= 15 is 0 Å². The van der Waals surface area contributed by atoms with Crippen molar-refractivity contribution in [1.29, 1.82) is 0 Å². The number of hydrogen-bond acceptors (Lipinski definition) is 5. The molecule has 10 heteroatoms. The lowest BCUT2D eigenvalue weighted by Crippen LogP contribution is -2.42. The normalized spacial score (nSPS) is 14.6. The van der Waals surface area contributed by atoms with Crippen LogP contribution in [0.25, 0.3) is 16.9 Å². The van der Waals surface area contributed by atoms with Crippen LogP contribution in [0, 0.1) is 0 Å². The lowest BCUT2D eigenvalue weighted by molar-refractivity contribution is -0.117. The summed E-state index contributed by atoms with van der Waals surface area (Å²) in [6, 6.07) is 21.9. The largest absolute Gasteiger partial charge is 0.494 e. The quantitative estimate of drug-likeness (QED) is 0.227. The van der Waals surface area contributed by atoms with E-state index in [4.69, 9.17) is 37.7 Å². The number of anilines is 1. The molecule has 2 heterocycles. The fourth-order valence-electron chi connectivity index (χ4n) is 4.73. The molecule has 1 atom stereocenters. The first kappa shape index (κ1) is 28.7. The van der Waals surface area contributed by atoms with Crippen LogP contribution in [0.3, 0.4) is 0 Å². The van der Waals surface area contributed by atoms with Gasteiger partial charge in [-0.2, -0.15) is 0 Å². The maximum absolute atomic E-state index is 13.6. The van der Waals surface area contributed by atoms with E-state index in [0.717, 1.165) is 24.1 Å². The van der Waals surface area contributed by atoms with Crippen LogP contribution >= 0.6 is 23.2 Å². The number of benzene rings is 3. The zero-order valence-corrected chi connectivity index (χ0v) is 24.1. The molecule has 1 aliphatic heterocycles. The number of rotatable bonds is 10. The third kappa shape index (κ3) is 7.08. The van der Waals surface area contributed by atoms with E-state index in [1.54, 1.807) is 16.7 Å². The second-order valence-electron chi connectivity index (χ2n) is 9.61.